The lowest BCUT2D eigenvalue weighted by molar-refractivity contribution is 0.102. The van der Waals surface area contributed by atoms with Gasteiger partial charge in [-0.1, -0.05) is 26.0 Å². The van der Waals surface area contributed by atoms with Crippen LogP contribution in [0.25, 0.3) is 0 Å². The second-order valence-electron chi connectivity index (χ2n) is 8.64. The van der Waals surface area contributed by atoms with Crippen LogP contribution in [0.5, 0.6) is 0 Å². The SMILES string of the molecule is CCCNC(=O)N(C)CCC(CC)c1nc(C(=O)Nc2ccccc2N2CCCCC2)cs1. The summed E-state index contributed by atoms with van der Waals surface area (Å²) in [6.07, 6.45) is 6.29. The zero-order valence-corrected chi connectivity index (χ0v) is 20.9. The number of thiazole rings is 1. The molecule has 1 saturated heterocycles. The fourth-order valence-corrected chi connectivity index (χ4v) is 5.10. The summed E-state index contributed by atoms with van der Waals surface area (Å²) in [4.78, 5) is 33.8. The lowest BCUT2D eigenvalue weighted by atomic mass is 10.0. The van der Waals surface area contributed by atoms with Crippen molar-refractivity contribution in [1.29, 1.82) is 0 Å². The number of nitrogens with zero attached hydrogens (tertiary/aromatic N) is 3. The third kappa shape index (κ3) is 6.93. The number of para-hydroxylation sites is 2. The third-order valence-electron chi connectivity index (χ3n) is 6.13. The van der Waals surface area contributed by atoms with E-state index in [1.54, 1.807) is 4.90 Å². The van der Waals surface area contributed by atoms with Gasteiger partial charge < -0.3 is 20.4 Å². The topological polar surface area (TPSA) is 77.6 Å². The predicted molar refractivity (Wildman–Crippen MR) is 137 cm³/mol. The van der Waals surface area contributed by atoms with Gasteiger partial charge in [0, 0.05) is 44.5 Å². The van der Waals surface area contributed by atoms with Crippen LogP contribution in [0.3, 0.4) is 0 Å². The molecule has 2 heterocycles. The molecule has 33 heavy (non-hydrogen) atoms. The Labute approximate surface area is 201 Å². The van der Waals surface area contributed by atoms with Gasteiger partial charge in [-0.05, 0) is 50.7 Å². The van der Waals surface area contributed by atoms with Gasteiger partial charge in [-0.25, -0.2) is 9.78 Å². The maximum absolute atomic E-state index is 13.0. The molecule has 1 aromatic carbocycles. The number of amides is 3. The van der Waals surface area contributed by atoms with E-state index >= 15 is 0 Å². The van der Waals surface area contributed by atoms with Crippen LogP contribution in [0, 0.1) is 0 Å². The van der Waals surface area contributed by atoms with E-state index < -0.39 is 0 Å². The van der Waals surface area contributed by atoms with Gasteiger partial charge in [0.1, 0.15) is 5.69 Å². The standard InChI is InChI=1S/C25H37N5O2S/c1-4-14-26-25(32)29(3)17-13-19(5-2)24-28-21(18-33-24)23(31)27-20-11-7-8-12-22(20)30-15-9-6-10-16-30/h7-8,11-12,18-19H,4-6,9-10,13-17H2,1-3H3,(H,26,32)(H,27,31). The number of benzene rings is 1. The van der Waals surface area contributed by atoms with Crippen molar-refractivity contribution in [2.45, 2.75) is 58.3 Å². The first kappa shape index (κ1) is 25.0. The summed E-state index contributed by atoms with van der Waals surface area (Å²) < 4.78 is 0. The second-order valence-corrected chi connectivity index (χ2v) is 9.53. The third-order valence-corrected chi connectivity index (χ3v) is 7.14. The molecule has 1 aromatic heterocycles. The van der Waals surface area contributed by atoms with Crippen molar-refractivity contribution in [2.24, 2.45) is 0 Å². The van der Waals surface area contributed by atoms with Crippen molar-refractivity contribution >= 4 is 34.6 Å². The second kappa shape index (κ2) is 12.6. The zero-order valence-electron chi connectivity index (χ0n) is 20.1. The summed E-state index contributed by atoms with van der Waals surface area (Å²) in [6, 6.07) is 7.97. The minimum Gasteiger partial charge on any atom is -0.370 e. The average molecular weight is 472 g/mol. The van der Waals surface area contributed by atoms with E-state index in [2.05, 4.69) is 33.5 Å². The molecule has 7 nitrogen and oxygen atoms in total. The van der Waals surface area contributed by atoms with Crippen LogP contribution < -0.4 is 15.5 Å². The molecule has 1 unspecified atom stereocenters. The van der Waals surface area contributed by atoms with Crippen molar-refractivity contribution in [2.75, 3.05) is 43.4 Å². The van der Waals surface area contributed by atoms with Gasteiger partial charge in [-0.15, -0.1) is 11.3 Å². The van der Waals surface area contributed by atoms with Crippen LogP contribution in [-0.4, -0.2) is 55.0 Å². The molecule has 0 saturated carbocycles. The number of nitrogens with one attached hydrogen (secondary N) is 2. The molecule has 8 heteroatoms. The Balaban J connectivity index is 1.61. The number of aromatic nitrogens is 1. The Morgan fingerprint density at radius 2 is 1.94 bits per heavy atom. The highest BCUT2D eigenvalue weighted by Crippen LogP contribution is 2.30. The van der Waals surface area contributed by atoms with E-state index in [1.165, 1.54) is 30.6 Å². The predicted octanol–water partition coefficient (Wildman–Crippen LogP) is 5.32. The van der Waals surface area contributed by atoms with Crippen molar-refractivity contribution in [3.63, 3.8) is 0 Å². The first-order valence-electron chi connectivity index (χ1n) is 12.1. The summed E-state index contributed by atoms with van der Waals surface area (Å²) in [6.45, 7) is 7.55. The Hall–Kier alpha value is -2.61. The summed E-state index contributed by atoms with van der Waals surface area (Å²) in [5.41, 5.74) is 2.37. The van der Waals surface area contributed by atoms with E-state index in [4.69, 9.17) is 0 Å². The monoisotopic (exact) mass is 471 g/mol. The van der Waals surface area contributed by atoms with Gasteiger partial charge in [-0.3, -0.25) is 4.79 Å². The van der Waals surface area contributed by atoms with Crippen molar-refractivity contribution in [1.82, 2.24) is 15.2 Å². The summed E-state index contributed by atoms with van der Waals surface area (Å²) in [7, 11) is 1.82. The molecule has 180 valence electrons. The number of piperidine rings is 1. The molecule has 2 aromatic rings. The number of rotatable bonds is 10. The molecule has 2 N–H and O–H groups in total. The maximum Gasteiger partial charge on any atom is 0.317 e. The number of carbonyl (C=O) groups is 2. The van der Waals surface area contributed by atoms with E-state index in [0.717, 1.165) is 48.7 Å². The Morgan fingerprint density at radius 3 is 2.67 bits per heavy atom. The molecule has 1 atom stereocenters. The molecule has 0 aliphatic carbocycles. The quantitative estimate of drug-likeness (QED) is 0.492. The normalized spacial score (nSPS) is 14.6. The maximum atomic E-state index is 13.0. The van der Waals surface area contributed by atoms with Crippen LogP contribution >= 0.6 is 11.3 Å². The Bertz CT molecular complexity index is 910. The van der Waals surface area contributed by atoms with Crippen LogP contribution in [0.15, 0.2) is 29.6 Å². The molecule has 3 rings (SSSR count). The highest BCUT2D eigenvalue weighted by molar-refractivity contribution is 7.10. The fraction of sp³-hybridized carbons (Fsp3) is 0.560. The summed E-state index contributed by atoms with van der Waals surface area (Å²) in [5.74, 6) is 0.0477. The van der Waals surface area contributed by atoms with Gasteiger partial charge in [0.15, 0.2) is 0 Å². The van der Waals surface area contributed by atoms with Gasteiger partial charge in [0.25, 0.3) is 5.91 Å². The van der Waals surface area contributed by atoms with E-state index in [9.17, 15) is 9.59 Å². The number of hydrogen-bond donors (Lipinski definition) is 2. The van der Waals surface area contributed by atoms with Gasteiger partial charge >= 0.3 is 6.03 Å². The molecule has 1 aliphatic heterocycles. The number of hydrogen-bond acceptors (Lipinski definition) is 5. The first-order chi connectivity index (χ1) is 16.0. The minimum atomic E-state index is -0.173. The van der Waals surface area contributed by atoms with E-state index in [-0.39, 0.29) is 17.9 Å². The molecule has 0 bridgehead atoms. The first-order valence-corrected chi connectivity index (χ1v) is 13.0. The molecule has 0 spiro atoms. The number of anilines is 2. The van der Waals surface area contributed by atoms with Crippen molar-refractivity contribution in [3.05, 3.63) is 40.3 Å². The number of urea groups is 1. The zero-order chi connectivity index (χ0) is 23.6. The summed E-state index contributed by atoms with van der Waals surface area (Å²) in [5, 5.41) is 8.78. The van der Waals surface area contributed by atoms with E-state index in [0.29, 0.717) is 18.8 Å². The fourth-order valence-electron chi connectivity index (χ4n) is 4.08. The smallest absolute Gasteiger partial charge is 0.317 e. The lowest BCUT2D eigenvalue weighted by Gasteiger charge is -2.30. The van der Waals surface area contributed by atoms with Gasteiger partial charge in [-0.2, -0.15) is 0 Å². The highest BCUT2D eigenvalue weighted by Gasteiger charge is 2.20. The van der Waals surface area contributed by atoms with Crippen molar-refractivity contribution in [3.8, 4) is 0 Å². The van der Waals surface area contributed by atoms with E-state index in [1.807, 2.05) is 37.6 Å². The molecule has 1 fully saturated rings. The van der Waals surface area contributed by atoms with Crippen molar-refractivity contribution < 1.29 is 9.59 Å². The van der Waals surface area contributed by atoms with Gasteiger partial charge in [0.2, 0.25) is 0 Å². The number of carbonyl (C=O) groups excluding carboxylic acids is 2. The molecular weight excluding hydrogens is 434 g/mol. The van der Waals surface area contributed by atoms with Crippen LogP contribution in [0.4, 0.5) is 16.2 Å². The molecule has 0 radical (unpaired) electrons. The van der Waals surface area contributed by atoms with Crippen LogP contribution in [0.2, 0.25) is 0 Å². The summed E-state index contributed by atoms with van der Waals surface area (Å²) >= 11 is 1.53. The largest absolute Gasteiger partial charge is 0.370 e. The Morgan fingerprint density at radius 1 is 1.18 bits per heavy atom. The molecular formula is C25H37N5O2S. The lowest BCUT2D eigenvalue weighted by Crippen LogP contribution is -2.38. The Kier molecular flexibility index (Phi) is 9.54. The van der Waals surface area contributed by atoms with Gasteiger partial charge in [0.05, 0.1) is 16.4 Å². The minimum absolute atomic E-state index is 0.0433. The van der Waals surface area contributed by atoms with Crippen LogP contribution in [-0.2, 0) is 0 Å². The van der Waals surface area contributed by atoms with Crippen LogP contribution in [0.1, 0.15) is 73.8 Å². The molecule has 1 aliphatic rings. The average Bonchev–Trinajstić information content (AvgIpc) is 3.34. The molecule has 3 amide bonds. The highest BCUT2D eigenvalue weighted by atomic mass is 32.1.